The van der Waals surface area contributed by atoms with E-state index in [-0.39, 0.29) is 6.10 Å². The molecule has 0 N–H and O–H groups in total. The Kier molecular flexibility index (Phi) is 7.16. The number of aryl methyl sites for hydroxylation is 2. The summed E-state index contributed by atoms with van der Waals surface area (Å²) >= 11 is 0. The molecule has 0 saturated carbocycles. The van der Waals surface area contributed by atoms with Crippen LogP contribution in [0, 0.1) is 13.8 Å². The topological polar surface area (TPSA) is 30.9 Å². The maximum Gasteiger partial charge on any atom is 0.119 e. The summed E-state index contributed by atoms with van der Waals surface area (Å²) < 4.78 is 16.9. The summed E-state index contributed by atoms with van der Waals surface area (Å²) in [7, 11) is 2.15. The van der Waals surface area contributed by atoms with Crippen molar-refractivity contribution in [2.75, 3.05) is 46.6 Å². The molecule has 0 radical (unpaired) electrons. The second-order valence-corrected chi connectivity index (χ2v) is 6.19. The fourth-order valence-corrected chi connectivity index (χ4v) is 2.72. The van der Waals surface area contributed by atoms with Crippen molar-refractivity contribution in [1.82, 2.24) is 4.90 Å². The average molecular weight is 307 g/mol. The third kappa shape index (κ3) is 6.34. The van der Waals surface area contributed by atoms with Crippen molar-refractivity contribution >= 4 is 0 Å². The molecular weight excluding hydrogens is 278 g/mol. The first-order valence-corrected chi connectivity index (χ1v) is 8.22. The zero-order valence-corrected chi connectivity index (χ0v) is 14.1. The summed E-state index contributed by atoms with van der Waals surface area (Å²) in [5, 5.41) is 0. The van der Waals surface area contributed by atoms with Gasteiger partial charge in [-0.05, 0) is 57.0 Å². The van der Waals surface area contributed by atoms with E-state index >= 15 is 0 Å². The van der Waals surface area contributed by atoms with Crippen LogP contribution in [0.1, 0.15) is 24.0 Å². The number of hydrogen-bond acceptors (Lipinski definition) is 4. The van der Waals surface area contributed by atoms with Gasteiger partial charge in [-0.1, -0.05) is 6.07 Å². The lowest BCUT2D eigenvalue weighted by Crippen LogP contribution is -2.32. The van der Waals surface area contributed by atoms with Crippen molar-refractivity contribution in [1.29, 1.82) is 0 Å². The monoisotopic (exact) mass is 307 g/mol. The molecule has 4 nitrogen and oxygen atoms in total. The molecule has 1 unspecified atom stereocenters. The highest BCUT2D eigenvalue weighted by Crippen LogP contribution is 2.16. The van der Waals surface area contributed by atoms with E-state index in [4.69, 9.17) is 14.2 Å². The van der Waals surface area contributed by atoms with Crippen LogP contribution in [0.4, 0.5) is 0 Å². The highest BCUT2D eigenvalue weighted by Gasteiger charge is 2.14. The number of hydrogen-bond donors (Lipinski definition) is 0. The minimum absolute atomic E-state index is 0.266. The summed E-state index contributed by atoms with van der Waals surface area (Å²) in [4.78, 5) is 2.34. The fraction of sp³-hybridized carbons (Fsp3) is 0.667. The van der Waals surface area contributed by atoms with Gasteiger partial charge in [0.25, 0.3) is 0 Å². The molecule has 2 rings (SSSR count). The number of rotatable bonds is 8. The summed E-state index contributed by atoms with van der Waals surface area (Å²) in [5.41, 5.74) is 2.50. The Morgan fingerprint density at radius 2 is 1.91 bits per heavy atom. The summed E-state index contributed by atoms with van der Waals surface area (Å²) in [5.74, 6) is 0.980. The molecule has 1 saturated heterocycles. The van der Waals surface area contributed by atoms with Gasteiger partial charge in [-0.3, -0.25) is 0 Å². The predicted molar refractivity (Wildman–Crippen MR) is 88.7 cm³/mol. The Balaban J connectivity index is 1.57. The van der Waals surface area contributed by atoms with Crippen molar-refractivity contribution in [3.8, 4) is 5.75 Å². The maximum atomic E-state index is 5.84. The zero-order chi connectivity index (χ0) is 15.8. The van der Waals surface area contributed by atoms with Crippen LogP contribution in [0.3, 0.4) is 0 Å². The van der Waals surface area contributed by atoms with E-state index in [1.54, 1.807) is 0 Å². The van der Waals surface area contributed by atoms with Gasteiger partial charge in [0.1, 0.15) is 5.75 Å². The lowest BCUT2D eigenvalue weighted by Gasteiger charge is -2.25. The van der Waals surface area contributed by atoms with Gasteiger partial charge in [-0.25, -0.2) is 0 Å². The first-order valence-electron chi connectivity index (χ1n) is 8.22. The van der Waals surface area contributed by atoms with Crippen LogP contribution in [0.5, 0.6) is 5.75 Å². The molecule has 1 fully saturated rings. The molecule has 22 heavy (non-hydrogen) atoms. The molecule has 0 aliphatic carbocycles. The molecule has 1 heterocycles. The van der Waals surface area contributed by atoms with Gasteiger partial charge in [-0.2, -0.15) is 0 Å². The Morgan fingerprint density at radius 3 is 2.59 bits per heavy atom. The third-order valence-corrected chi connectivity index (χ3v) is 3.87. The molecule has 0 amide bonds. The van der Waals surface area contributed by atoms with Crippen molar-refractivity contribution in [3.63, 3.8) is 0 Å². The van der Waals surface area contributed by atoms with Crippen LogP contribution in [0.25, 0.3) is 0 Å². The van der Waals surface area contributed by atoms with Gasteiger partial charge >= 0.3 is 0 Å². The van der Waals surface area contributed by atoms with Gasteiger partial charge < -0.3 is 19.1 Å². The predicted octanol–water partition coefficient (Wildman–Crippen LogP) is 2.81. The van der Waals surface area contributed by atoms with Crippen molar-refractivity contribution in [3.05, 3.63) is 29.3 Å². The molecular formula is C18H29NO3. The maximum absolute atomic E-state index is 5.84. The lowest BCUT2D eigenvalue weighted by atomic mass is 10.1. The van der Waals surface area contributed by atoms with Crippen molar-refractivity contribution in [2.24, 2.45) is 0 Å². The Bertz CT molecular complexity index is 424. The van der Waals surface area contributed by atoms with Crippen LogP contribution < -0.4 is 4.74 Å². The van der Waals surface area contributed by atoms with E-state index in [0.29, 0.717) is 0 Å². The molecule has 1 aromatic carbocycles. The minimum atomic E-state index is 0.266. The van der Waals surface area contributed by atoms with E-state index in [1.807, 2.05) is 0 Å². The highest BCUT2D eigenvalue weighted by atomic mass is 16.6. The number of benzene rings is 1. The third-order valence-electron chi connectivity index (χ3n) is 3.87. The standard InChI is InChI=1S/C18H29NO3/c1-15-11-16(2)13-18(12-15)21-8-4-6-19(3)7-5-17-14-20-9-10-22-17/h11-13,17H,4-10,14H2,1-3H3. The van der Waals surface area contributed by atoms with Crippen LogP contribution in [0.2, 0.25) is 0 Å². The normalized spacial score (nSPS) is 18.6. The molecule has 1 atom stereocenters. The highest BCUT2D eigenvalue weighted by molar-refractivity contribution is 5.32. The molecule has 4 heteroatoms. The summed E-state index contributed by atoms with van der Waals surface area (Å²) in [6, 6.07) is 6.35. The molecule has 0 spiro atoms. The Morgan fingerprint density at radius 1 is 1.14 bits per heavy atom. The molecule has 1 aliphatic heterocycles. The second-order valence-electron chi connectivity index (χ2n) is 6.19. The first kappa shape index (κ1) is 17.3. The summed E-state index contributed by atoms with van der Waals surface area (Å²) in [6.45, 7) is 9.26. The largest absolute Gasteiger partial charge is 0.494 e. The Hall–Kier alpha value is -1.10. The second kappa shape index (κ2) is 9.13. The summed E-state index contributed by atoms with van der Waals surface area (Å²) in [6.07, 6.45) is 2.34. The molecule has 0 aromatic heterocycles. The SMILES string of the molecule is Cc1cc(C)cc(OCCCN(C)CCC2COCCO2)c1. The van der Waals surface area contributed by atoms with E-state index in [0.717, 1.165) is 58.1 Å². The smallest absolute Gasteiger partial charge is 0.119 e. The van der Waals surface area contributed by atoms with Crippen LogP contribution in [-0.4, -0.2) is 57.6 Å². The van der Waals surface area contributed by atoms with E-state index in [2.05, 4.69) is 44.0 Å². The first-order chi connectivity index (χ1) is 10.6. The quantitative estimate of drug-likeness (QED) is 0.691. The molecule has 1 aromatic rings. The van der Waals surface area contributed by atoms with Crippen LogP contribution in [0.15, 0.2) is 18.2 Å². The van der Waals surface area contributed by atoms with Gasteiger partial charge in [0.05, 0.1) is 32.5 Å². The molecule has 0 bridgehead atoms. The lowest BCUT2D eigenvalue weighted by molar-refractivity contribution is -0.0922. The average Bonchev–Trinajstić information content (AvgIpc) is 2.50. The minimum Gasteiger partial charge on any atom is -0.494 e. The van der Waals surface area contributed by atoms with Gasteiger partial charge in [0.15, 0.2) is 0 Å². The number of ether oxygens (including phenoxy) is 3. The van der Waals surface area contributed by atoms with E-state index in [1.165, 1.54) is 11.1 Å². The molecule has 124 valence electrons. The van der Waals surface area contributed by atoms with Gasteiger partial charge in [-0.15, -0.1) is 0 Å². The molecule has 1 aliphatic rings. The van der Waals surface area contributed by atoms with E-state index < -0.39 is 0 Å². The van der Waals surface area contributed by atoms with Crippen molar-refractivity contribution in [2.45, 2.75) is 32.8 Å². The van der Waals surface area contributed by atoms with Crippen LogP contribution in [-0.2, 0) is 9.47 Å². The van der Waals surface area contributed by atoms with Crippen molar-refractivity contribution < 1.29 is 14.2 Å². The fourth-order valence-electron chi connectivity index (χ4n) is 2.72. The van der Waals surface area contributed by atoms with Gasteiger partial charge in [0.2, 0.25) is 0 Å². The van der Waals surface area contributed by atoms with Crippen LogP contribution >= 0.6 is 0 Å². The van der Waals surface area contributed by atoms with E-state index in [9.17, 15) is 0 Å². The zero-order valence-electron chi connectivity index (χ0n) is 14.1. The van der Waals surface area contributed by atoms with Gasteiger partial charge in [0, 0.05) is 13.1 Å². The number of nitrogens with zero attached hydrogens (tertiary/aromatic N) is 1. The Labute approximate surface area is 134 Å².